The van der Waals surface area contributed by atoms with Crippen LogP contribution in [0, 0.1) is 15.9 Å². The van der Waals surface area contributed by atoms with Crippen molar-refractivity contribution in [1.29, 1.82) is 0 Å². The summed E-state index contributed by atoms with van der Waals surface area (Å²) in [6, 6.07) is 12.9. The molecular weight excluding hydrogens is 496 g/mol. The molecule has 2 amide bonds. The van der Waals surface area contributed by atoms with Gasteiger partial charge in [0.25, 0.3) is 17.5 Å². The van der Waals surface area contributed by atoms with Crippen molar-refractivity contribution in [3.05, 3.63) is 108 Å². The molecule has 0 fully saturated rings. The Bertz CT molecular complexity index is 1280. The number of nitrogens with one attached hydrogen (secondary N) is 2. The van der Waals surface area contributed by atoms with Gasteiger partial charge in [0.2, 0.25) is 0 Å². The van der Waals surface area contributed by atoms with Gasteiger partial charge in [0.1, 0.15) is 11.5 Å². The van der Waals surface area contributed by atoms with Crippen LogP contribution in [0.4, 0.5) is 15.8 Å². The number of carbonyl (C=O) groups excluding carboxylic acids is 2. The predicted octanol–water partition coefficient (Wildman–Crippen LogP) is 6.10. The first-order chi connectivity index (χ1) is 15.6. The zero-order chi connectivity index (χ0) is 24.1. The monoisotopic (exact) mass is 507 g/mol. The van der Waals surface area contributed by atoms with Crippen LogP contribution in [0.15, 0.2) is 66.4 Å². The van der Waals surface area contributed by atoms with Crippen molar-refractivity contribution < 1.29 is 18.9 Å². The molecule has 3 aromatic carbocycles. The van der Waals surface area contributed by atoms with Crippen LogP contribution in [0.5, 0.6) is 0 Å². The van der Waals surface area contributed by atoms with Crippen molar-refractivity contribution in [3.63, 3.8) is 0 Å². The molecule has 0 bridgehead atoms. The molecule has 168 valence electrons. The molecule has 33 heavy (non-hydrogen) atoms. The summed E-state index contributed by atoms with van der Waals surface area (Å²) in [6.07, 6.45) is 1.24. The lowest BCUT2D eigenvalue weighted by Crippen LogP contribution is -2.31. The Morgan fingerprint density at radius 3 is 2.30 bits per heavy atom. The lowest BCUT2D eigenvalue weighted by atomic mass is 10.1. The number of hydrogen-bond donors (Lipinski definition) is 2. The molecule has 0 aliphatic rings. The summed E-state index contributed by atoms with van der Waals surface area (Å²) in [5, 5.41) is 16.4. The van der Waals surface area contributed by atoms with Gasteiger partial charge >= 0.3 is 0 Å². The van der Waals surface area contributed by atoms with E-state index < -0.39 is 22.6 Å². The number of nitrogens with zero attached hydrogens (tertiary/aromatic N) is 1. The lowest BCUT2D eigenvalue weighted by Gasteiger charge is -2.12. The van der Waals surface area contributed by atoms with Crippen LogP contribution >= 0.6 is 34.8 Å². The number of amides is 2. The van der Waals surface area contributed by atoms with Gasteiger partial charge in [0.15, 0.2) is 0 Å². The molecule has 0 aliphatic carbocycles. The first kappa shape index (κ1) is 24.2. The molecule has 3 aromatic rings. The Labute approximate surface area is 201 Å². The van der Waals surface area contributed by atoms with E-state index in [9.17, 15) is 24.1 Å². The number of nitro benzene ring substituents is 1. The van der Waals surface area contributed by atoms with E-state index >= 15 is 0 Å². The van der Waals surface area contributed by atoms with Crippen molar-refractivity contribution in [2.24, 2.45) is 0 Å². The third-order valence-electron chi connectivity index (χ3n) is 4.18. The van der Waals surface area contributed by atoms with Crippen LogP contribution < -0.4 is 10.6 Å². The van der Waals surface area contributed by atoms with Crippen LogP contribution in [0.1, 0.15) is 15.9 Å². The molecule has 11 heteroatoms. The maximum atomic E-state index is 13.3. The van der Waals surface area contributed by atoms with E-state index in [4.69, 9.17) is 34.8 Å². The minimum absolute atomic E-state index is 0.0818. The third-order valence-corrected chi connectivity index (χ3v) is 4.93. The van der Waals surface area contributed by atoms with Crippen LogP contribution in [-0.4, -0.2) is 16.7 Å². The van der Waals surface area contributed by atoms with Crippen LogP contribution in [0.25, 0.3) is 6.08 Å². The van der Waals surface area contributed by atoms with Crippen molar-refractivity contribution in [2.75, 3.05) is 5.32 Å². The van der Waals surface area contributed by atoms with Gasteiger partial charge in [0, 0.05) is 27.9 Å². The highest BCUT2D eigenvalue weighted by Gasteiger charge is 2.18. The topological polar surface area (TPSA) is 101 Å². The fourth-order valence-electron chi connectivity index (χ4n) is 2.74. The number of rotatable bonds is 6. The van der Waals surface area contributed by atoms with Crippen LogP contribution in [0.3, 0.4) is 0 Å². The van der Waals surface area contributed by atoms with Gasteiger partial charge in [-0.1, -0.05) is 46.9 Å². The molecule has 0 saturated carbocycles. The summed E-state index contributed by atoms with van der Waals surface area (Å²) in [7, 11) is 0. The van der Waals surface area contributed by atoms with Gasteiger partial charge in [-0.2, -0.15) is 0 Å². The van der Waals surface area contributed by atoms with Gasteiger partial charge in [-0.15, -0.1) is 0 Å². The van der Waals surface area contributed by atoms with Crippen LogP contribution in [0.2, 0.25) is 15.1 Å². The minimum atomic E-state index is -0.795. The summed E-state index contributed by atoms with van der Waals surface area (Å²) < 4.78 is 13.3. The Hall–Kier alpha value is -3.46. The van der Waals surface area contributed by atoms with E-state index in [1.54, 1.807) is 0 Å². The van der Waals surface area contributed by atoms with Crippen molar-refractivity contribution in [1.82, 2.24) is 5.32 Å². The molecule has 0 unspecified atom stereocenters. The fourth-order valence-corrected chi connectivity index (χ4v) is 3.52. The normalized spacial score (nSPS) is 11.1. The van der Waals surface area contributed by atoms with Crippen molar-refractivity contribution in [3.8, 4) is 0 Å². The zero-order valence-corrected chi connectivity index (χ0v) is 18.7. The van der Waals surface area contributed by atoms with E-state index in [2.05, 4.69) is 10.6 Å². The minimum Gasteiger partial charge on any atom is -0.321 e. The third kappa shape index (κ3) is 6.52. The summed E-state index contributed by atoms with van der Waals surface area (Å²) in [5.41, 5.74) is -0.0443. The summed E-state index contributed by atoms with van der Waals surface area (Å²) in [4.78, 5) is 36.2. The molecule has 0 heterocycles. The summed E-state index contributed by atoms with van der Waals surface area (Å²) in [5.74, 6) is -2.21. The highest BCUT2D eigenvalue weighted by Crippen LogP contribution is 2.24. The van der Waals surface area contributed by atoms with Gasteiger partial charge < -0.3 is 10.6 Å². The number of carbonyl (C=O) groups is 2. The maximum absolute atomic E-state index is 13.3. The maximum Gasteiger partial charge on any atom is 0.272 e. The van der Waals surface area contributed by atoms with E-state index in [1.165, 1.54) is 48.5 Å². The average Bonchev–Trinajstić information content (AvgIpc) is 2.72. The number of non-ortho nitro benzene ring substituents is 1. The van der Waals surface area contributed by atoms with Gasteiger partial charge in [-0.25, -0.2) is 4.39 Å². The first-order valence-electron chi connectivity index (χ1n) is 9.12. The Balaban J connectivity index is 1.97. The number of hydrogen-bond acceptors (Lipinski definition) is 4. The zero-order valence-electron chi connectivity index (χ0n) is 16.4. The van der Waals surface area contributed by atoms with Gasteiger partial charge in [-0.3, -0.25) is 19.7 Å². The van der Waals surface area contributed by atoms with Crippen molar-refractivity contribution >= 4 is 64.1 Å². The quantitative estimate of drug-likeness (QED) is 0.238. The van der Waals surface area contributed by atoms with Gasteiger partial charge in [0.05, 0.1) is 15.5 Å². The second kappa shape index (κ2) is 10.4. The Morgan fingerprint density at radius 2 is 1.67 bits per heavy atom. The predicted molar refractivity (Wildman–Crippen MR) is 125 cm³/mol. The number of anilines is 1. The number of benzene rings is 3. The molecular formula is C22H13Cl3FN3O4. The van der Waals surface area contributed by atoms with E-state index in [0.29, 0.717) is 0 Å². The Kier molecular flexibility index (Phi) is 7.65. The van der Waals surface area contributed by atoms with Crippen LogP contribution in [-0.2, 0) is 4.79 Å². The largest absolute Gasteiger partial charge is 0.321 e. The number of halogens is 4. The van der Waals surface area contributed by atoms with Gasteiger partial charge in [-0.05, 0) is 48.0 Å². The highest BCUT2D eigenvalue weighted by molar-refractivity contribution is 6.35. The summed E-state index contributed by atoms with van der Waals surface area (Å²) >= 11 is 17.9. The molecule has 3 rings (SSSR count). The molecule has 2 N–H and O–H groups in total. The lowest BCUT2D eigenvalue weighted by molar-refractivity contribution is -0.384. The molecule has 0 spiro atoms. The molecule has 0 saturated heterocycles. The second-order valence-corrected chi connectivity index (χ2v) is 7.88. The van der Waals surface area contributed by atoms with E-state index in [1.807, 2.05) is 0 Å². The first-order valence-corrected chi connectivity index (χ1v) is 10.3. The standard InChI is InChI=1S/C22H13Cl3FN3O4/c23-13-8-14(24)10-16(9-13)27-22(31)20(7-12-2-1-3-17(6-12)29(32)33)28-21(30)18-5-4-15(26)11-19(18)25/h1-11H,(H,27,31)(H,28,30)/b20-7-. The van der Waals surface area contributed by atoms with E-state index in [-0.39, 0.29) is 43.3 Å². The number of nitro groups is 1. The Morgan fingerprint density at radius 1 is 0.970 bits per heavy atom. The summed E-state index contributed by atoms with van der Waals surface area (Å²) in [6.45, 7) is 0. The molecule has 0 atom stereocenters. The van der Waals surface area contributed by atoms with Crippen molar-refractivity contribution in [2.45, 2.75) is 0 Å². The smallest absolute Gasteiger partial charge is 0.272 e. The molecule has 0 radical (unpaired) electrons. The molecule has 0 aromatic heterocycles. The highest BCUT2D eigenvalue weighted by atomic mass is 35.5. The average molecular weight is 509 g/mol. The molecule has 0 aliphatic heterocycles. The second-order valence-electron chi connectivity index (χ2n) is 6.60. The molecule has 7 nitrogen and oxygen atoms in total. The SMILES string of the molecule is O=C(Nc1cc(Cl)cc(Cl)c1)/C(=C/c1cccc([N+](=O)[O-])c1)NC(=O)c1ccc(F)cc1Cl. The van der Waals surface area contributed by atoms with E-state index in [0.717, 1.165) is 18.2 Å². The fraction of sp³-hybridized carbons (Fsp3) is 0.